The Balaban J connectivity index is 1.25. The van der Waals surface area contributed by atoms with Gasteiger partial charge in [-0.05, 0) is 36.8 Å². The van der Waals surface area contributed by atoms with Gasteiger partial charge in [-0.2, -0.15) is 0 Å². The molecule has 1 aromatic heterocycles. The average Bonchev–Trinajstić information content (AvgIpc) is 2.96. The van der Waals surface area contributed by atoms with Crippen LogP contribution in [0.2, 0.25) is 0 Å². The van der Waals surface area contributed by atoms with Crippen LogP contribution in [-0.4, -0.2) is 65.2 Å². The van der Waals surface area contributed by atoms with Crippen LogP contribution in [-0.2, 0) is 11.2 Å². The highest BCUT2D eigenvalue weighted by atomic mass is 19.1. The van der Waals surface area contributed by atoms with E-state index >= 15 is 0 Å². The summed E-state index contributed by atoms with van der Waals surface area (Å²) >= 11 is 0. The maximum atomic E-state index is 13.2. The van der Waals surface area contributed by atoms with Crippen molar-refractivity contribution in [3.63, 3.8) is 0 Å². The third-order valence-corrected chi connectivity index (χ3v) is 5.28. The van der Waals surface area contributed by atoms with E-state index in [1.807, 2.05) is 4.90 Å². The Labute approximate surface area is 145 Å². The lowest BCUT2D eigenvalue weighted by Gasteiger charge is -2.48. The Hall–Kier alpha value is -2.38. The summed E-state index contributed by atoms with van der Waals surface area (Å²) in [4.78, 5) is 31.2. The number of halogens is 1. The monoisotopic (exact) mass is 348 g/mol. The zero-order valence-corrected chi connectivity index (χ0v) is 13.9. The molecule has 0 aliphatic carbocycles. The number of urea groups is 1. The van der Waals surface area contributed by atoms with E-state index in [2.05, 4.69) is 10.3 Å². The molecule has 8 heteroatoms. The topological polar surface area (TPSA) is 74.8 Å². The van der Waals surface area contributed by atoms with E-state index in [0.717, 1.165) is 24.8 Å². The third kappa shape index (κ3) is 3.25. The fraction of sp³-hybridized carbons (Fsp3) is 0.588. The first-order chi connectivity index (χ1) is 12.0. The fourth-order valence-corrected chi connectivity index (χ4v) is 3.91. The van der Waals surface area contributed by atoms with E-state index in [1.165, 1.54) is 12.3 Å². The quantitative estimate of drug-likeness (QED) is 0.876. The molecule has 1 spiro atoms. The van der Waals surface area contributed by atoms with Gasteiger partial charge in [-0.1, -0.05) is 0 Å². The first kappa shape index (κ1) is 16.1. The fourth-order valence-electron chi connectivity index (χ4n) is 3.91. The lowest BCUT2D eigenvalue weighted by atomic mass is 9.90. The molecule has 25 heavy (non-hydrogen) atoms. The molecule has 0 bridgehead atoms. The van der Waals surface area contributed by atoms with Crippen molar-refractivity contribution in [1.82, 2.24) is 20.1 Å². The number of nitrogens with zero attached hydrogens (tertiary/aromatic N) is 3. The summed E-state index contributed by atoms with van der Waals surface area (Å²) in [7, 11) is 0. The van der Waals surface area contributed by atoms with Gasteiger partial charge in [-0.25, -0.2) is 14.0 Å². The van der Waals surface area contributed by atoms with Gasteiger partial charge in [0.15, 0.2) is 0 Å². The number of piperidine rings is 1. The van der Waals surface area contributed by atoms with Gasteiger partial charge in [0.2, 0.25) is 0 Å². The van der Waals surface area contributed by atoms with E-state index in [-0.39, 0.29) is 17.4 Å². The SMILES string of the molecule is O=C1NC2(CO1)CN(C(=O)N1CCC(Cc3cncc(F)c3)CC1)C2. The second-order valence-corrected chi connectivity index (χ2v) is 7.27. The molecule has 0 unspecified atom stereocenters. The molecule has 3 fully saturated rings. The number of cyclic esters (lactones) is 1. The zero-order valence-electron chi connectivity index (χ0n) is 13.9. The van der Waals surface area contributed by atoms with Gasteiger partial charge in [0, 0.05) is 19.3 Å². The van der Waals surface area contributed by atoms with E-state index in [1.54, 1.807) is 11.1 Å². The number of pyridine rings is 1. The normalized spacial score (nSPS) is 22.5. The molecule has 3 amide bonds. The minimum atomic E-state index is -0.403. The van der Waals surface area contributed by atoms with Crippen molar-refractivity contribution >= 4 is 12.1 Å². The van der Waals surface area contributed by atoms with Crippen LogP contribution in [0.4, 0.5) is 14.0 Å². The molecule has 1 N–H and O–H groups in total. The summed E-state index contributed by atoms with van der Waals surface area (Å²) in [5.74, 6) is 0.137. The molecule has 4 rings (SSSR count). The number of carbonyl (C=O) groups is 2. The van der Waals surface area contributed by atoms with Gasteiger partial charge < -0.3 is 19.9 Å². The van der Waals surface area contributed by atoms with Crippen molar-refractivity contribution in [1.29, 1.82) is 0 Å². The number of carbonyl (C=O) groups excluding carboxylic acids is 2. The van der Waals surface area contributed by atoms with Gasteiger partial charge in [0.1, 0.15) is 18.0 Å². The maximum absolute atomic E-state index is 13.2. The van der Waals surface area contributed by atoms with Crippen molar-refractivity contribution < 1.29 is 18.7 Å². The van der Waals surface area contributed by atoms with Gasteiger partial charge in [0.05, 0.1) is 19.3 Å². The molecular weight excluding hydrogens is 327 g/mol. The van der Waals surface area contributed by atoms with Gasteiger partial charge in [0.25, 0.3) is 0 Å². The first-order valence-electron chi connectivity index (χ1n) is 8.61. The van der Waals surface area contributed by atoms with Crippen LogP contribution in [0.25, 0.3) is 0 Å². The lowest BCUT2D eigenvalue weighted by molar-refractivity contribution is 0.0473. The molecule has 0 aromatic carbocycles. The standard InChI is InChI=1S/C17H21FN4O3/c18-14-6-13(7-19-8-14)5-12-1-3-21(4-2-12)16(24)22-9-17(10-22)11-25-15(23)20-17/h6-8,12H,1-5,9-11H2,(H,20,23). The summed E-state index contributed by atoms with van der Waals surface area (Å²) < 4.78 is 18.1. The van der Waals surface area contributed by atoms with Crippen LogP contribution in [0, 0.1) is 11.7 Å². The van der Waals surface area contributed by atoms with Gasteiger partial charge >= 0.3 is 12.1 Å². The van der Waals surface area contributed by atoms with Crippen LogP contribution in [0.1, 0.15) is 18.4 Å². The number of likely N-dealkylation sites (tertiary alicyclic amines) is 2. The summed E-state index contributed by atoms with van der Waals surface area (Å²) in [6.45, 7) is 2.76. The summed E-state index contributed by atoms with van der Waals surface area (Å²) in [6.07, 6.45) is 5.12. The van der Waals surface area contributed by atoms with Gasteiger partial charge in [-0.3, -0.25) is 4.98 Å². The highest BCUT2D eigenvalue weighted by molar-refractivity contribution is 5.78. The molecule has 0 saturated carbocycles. The van der Waals surface area contributed by atoms with E-state index in [4.69, 9.17) is 4.74 Å². The number of hydrogen-bond acceptors (Lipinski definition) is 4. The lowest BCUT2D eigenvalue weighted by Crippen LogP contribution is -2.71. The number of aromatic nitrogens is 1. The van der Waals surface area contributed by atoms with Crippen molar-refractivity contribution in [3.8, 4) is 0 Å². The Morgan fingerprint density at radius 2 is 2.08 bits per heavy atom. The number of alkyl carbamates (subject to hydrolysis) is 1. The molecule has 3 saturated heterocycles. The van der Waals surface area contributed by atoms with Crippen molar-refractivity contribution in [2.24, 2.45) is 5.92 Å². The second kappa shape index (κ2) is 6.16. The molecule has 0 atom stereocenters. The number of ether oxygens (including phenoxy) is 1. The smallest absolute Gasteiger partial charge is 0.407 e. The van der Waals surface area contributed by atoms with Crippen LogP contribution >= 0.6 is 0 Å². The molecule has 7 nitrogen and oxygen atoms in total. The highest BCUT2D eigenvalue weighted by Gasteiger charge is 2.52. The third-order valence-electron chi connectivity index (χ3n) is 5.28. The largest absolute Gasteiger partial charge is 0.447 e. The van der Waals surface area contributed by atoms with Crippen molar-refractivity contribution in [2.45, 2.75) is 24.8 Å². The van der Waals surface area contributed by atoms with Crippen molar-refractivity contribution in [3.05, 3.63) is 29.8 Å². The number of nitrogens with one attached hydrogen (secondary N) is 1. The highest BCUT2D eigenvalue weighted by Crippen LogP contribution is 2.28. The van der Waals surface area contributed by atoms with Crippen LogP contribution in [0.5, 0.6) is 0 Å². The minimum absolute atomic E-state index is 0.0256. The molecule has 3 aliphatic heterocycles. The molecule has 1 aromatic rings. The predicted octanol–water partition coefficient (Wildman–Crippen LogP) is 1.39. The zero-order chi connectivity index (χ0) is 17.4. The molecule has 4 heterocycles. The Kier molecular flexibility index (Phi) is 3.97. The van der Waals surface area contributed by atoms with Crippen LogP contribution in [0.15, 0.2) is 18.5 Å². The van der Waals surface area contributed by atoms with Gasteiger partial charge in [-0.15, -0.1) is 0 Å². The molecule has 0 radical (unpaired) electrons. The van der Waals surface area contributed by atoms with Crippen molar-refractivity contribution in [2.75, 3.05) is 32.8 Å². The molecule has 3 aliphatic rings. The number of amides is 3. The minimum Gasteiger partial charge on any atom is -0.447 e. The van der Waals surface area contributed by atoms with Crippen LogP contribution < -0.4 is 5.32 Å². The number of hydrogen-bond donors (Lipinski definition) is 1. The molecule has 134 valence electrons. The second-order valence-electron chi connectivity index (χ2n) is 7.27. The maximum Gasteiger partial charge on any atom is 0.407 e. The molecular formula is C17H21FN4O3. The first-order valence-corrected chi connectivity index (χ1v) is 8.61. The summed E-state index contributed by atoms with van der Waals surface area (Å²) in [6, 6.07) is 1.56. The summed E-state index contributed by atoms with van der Waals surface area (Å²) in [5, 5.41) is 2.78. The Bertz CT molecular complexity index is 684. The van der Waals surface area contributed by atoms with E-state index in [0.29, 0.717) is 38.7 Å². The Morgan fingerprint density at radius 1 is 1.32 bits per heavy atom. The number of rotatable bonds is 2. The van der Waals surface area contributed by atoms with E-state index < -0.39 is 6.09 Å². The summed E-state index contributed by atoms with van der Waals surface area (Å²) in [5.41, 5.74) is 0.529. The predicted molar refractivity (Wildman–Crippen MR) is 86.4 cm³/mol. The van der Waals surface area contributed by atoms with E-state index in [9.17, 15) is 14.0 Å². The van der Waals surface area contributed by atoms with Crippen LogP contribution in [0.3, 0.4) is 0 Å². The Morgan fingerprint density at radius 3 is 2.72 bits per heavy atom. The average molecular weight is 348 g/mol.